The van der Waals surface area contributed by atoms with E-state index in [0.717, 1.165) is 0 Å². The van der Waals surface area contributed by atoms with Gasteiger partial charge in [0.2, 0.25) is 0 Å². The number of aromatic nitrogens is 2. The Hall–Kier alpha value is -0.790. The molecule has 116 valence electrons. The third kappa shape index (κ3) is 6.11. The van der Waals surface area contributed by atoms with Crippen LogP contribution in [0.3, 0.4) is 0 Å². The van der Waals surface area contributed by atoms with E-state index in [4.69, 9.17) is 0 Å². The second kappa shape index (κ2) is 10.9. The third-order valence-corrected chi connectivity index (χ3v) is 4.12. The minimum absolute atomic E-state index is 1.17. The van der Waals surface area contributed by atoms with Crippen molar-refractivity contribution in [2.45, 2.75) is 97.8 Å². The molecule has 0 radical (unpaired) electrons. The van der Waals surface area contributed by atoms with Crippen molar-refractivity contribution >= 4 is 0 Å². The van der Waals surface area contributed by atoms with E-state index >= 15 is 0 Å². The number of unbranched alkanes of at least 4 members (excludes halogenated alkanes) is 6. The first-order valence-corrected chi connectivity index (χ1v) is 8.88. The Kier molecular flexibility index (Phi) is 9.44. The molecular weight excluding hydrogens is 244 g/mol. The molecule has 2 heteroatoms. The molecule has 0 fully saturated rings. The molecule has 0 saturated carbocycles. The predicted octanol–water partition coefficient (Wildman–Crippen LogP) is 5.61. The Bertz CT molecular complexity index is 314. The van der Waals surface area contributed by atoms with E-state index in [0.29, 0.717) is 0 Å². The van der Waals surface area contributed by atoms with Crippen LogP contribution in [0.25, 0.3) is 0 Å². The van der Waals surface area contributed by atoms with Gasteiger partial charge in [-0.1, -0.05) is 59.3 Å². The summed E-state index contributed by atoms with van der Waals surface area (Å²) in [5, 5.41) is 7.96. The molecule has 0 bridgehead atoms. The summed E-state index contributed by atoms with van der Waals surface area (Å²) in [4.78, 5) is 0. The predicted molar refractivity (Wildman–Crippen MR) is 88.3 cm³/mol. The number of H-pyrrole nitrogens is 1. The molecule has 0 aromatic carbocycles. The molecule has 0 saturated heterocycles. The number of nitrogens with one attached hydrogen (secondary N) is 1. The van der Waals surface area contributed by atoms with Crippen molar-refractivity contribution in [3.63, 3.8) is 0 Å². The largest absolute Gasteiger partial charge is 0.282 e. The second-order valence-electron chi connectivity index (χ2n) is 6.00. The minimum atomic E-state index is 1.17. The number of aromatic amines is 1. The smallest absolute Gasteiger partial charge is 0.0656 e. The summed E-state index contributed by atoms with van der Waals surface area (Å²) in [7, 11) is 0. The van der Waals surface area contributed by atoms with Gasteiger partial charge in [-0.15, -0.1) is 0 Å². The lowest BCUT2D eigenvalue weighted by Gasteiger charge is -2.06. The zero-order valence-corrected chi connectivity index (χ0v) is 13.9. The lowest BCUT2D eigenvalue weighted by molar-refractivity contribution is 0.679. The van der Waals surface area contributed by atoms with Crippen molar-refractivity contribution in [3.05, 3.63) is 17.0 Å². The van der Waals surface area contributed by atoms with Crippen molar-refractivity contribution in [3.8, 4) is 0 Å². The Morgan fingerprint density at radius 3 is 1.85 bits per heavy atom. The molecular formula is C18H34N2. The molecule has 1 aromatic heterocycles. The van der Waals surface area contributed by atoms with Gasteiger partial charge >= 0.3 is 0 Å². The van der Waals surface area contributed by atoms with E-state index in [1.807, 2.05) is 0 Å². The molecule has 20 heavy (non-hydrogen) atoms. The van der Waals surface area contributed by atoms with Gasteiger partial charge in [-0.05, 0) is 44.1 Å². The van der Waals surface area contributed by atoms with Crippen molar-refractivity contribution in [2.75, 3.05) is 0 Å². The summed E-state index contributed by atoms with van der Waals surface area (Å²) in [6, 6.07) is 0. The Morgan fingerprint density at radius 1 is 0.700 bits per heavy atom. The molecule has 1 heterocycles. The molecule has 0 spiro atoms. The third-order valence-electron chi connectivity index (χ3n) is 4.12. The number of hydrogen-bond acceptors (Lipinski definition) is 1. The van der Waals surface area contributed by atoms with Crippen LogP contribution < -0.4 is 0 Å². The number of nitrogens with zero attached hydrogens (tertiary/aromatic N) is 1. The first kappa shape index (κ1) is 17.3. The lowest BCUT2D eigenvalue weighted by Crippen LogP contribution is -1.97. The highest BCUT2D eigenvalue weighted by atomic mass is 15.1. The van der Waals surface area contributed by atoms with E-state index in [1.54, 1.807) is 5.56 Å². The van der Waals surface area contributed by atoms with E-state index in [2.05, 4.69) is 31.0 Å². The molecule has 0 unspecified atom stereocenters. The fourth-order valence-corrected chi connectivity index (χ4v) is 2.80. The molecule has 1 N–H and O–H groups in total. The molecule has 1 aromatic rings. The van der Waals surface area contributed by atoms with Crippen LogP contribution in [0.1, 0.15) is 95.5 Å². The van der Waals surface area contributed by atoms with Gasteiger partial charge in [0.15, 0.2) is 0 Å². The molecule has 0 amide bonds. The summed E-state index contributed by atoms with van der Waals surface area (Å²) in [6.45, 7) is 6.81. The van der Waals surface area contributed by atoms with Crippen molar-refractivity contribution in [1.29, 1.82) is 0 Å². The van der Waals surface area contributed by atoms with Gasteiger partial charge < -0.3 is 0 Å². The number of aryl methyl sites for hydroxylation is 2. The Morgan fingerprint density at radius 2 is 1.25 bits per heavy atom. The van der Waals surface area contributed by atoms with Crippen LogP contribution in [-0.2, 0) is 19.3 Å². The van der Waals surface area contributed by atoms with Gasteiger partial charge in [-0.3, -0.25) is 5.10 Å². The Labute approximate surface area is 125 Å². The normalized spacial score (nSPS) is 11.2. The van der Waals surface area contributed by atoms with Crippen LogP contribution in [0.2, 0.25) is 0 Å². The van der Waals surface area contributed by atoms with Gasteiger partial charge in [0.1, 0.15) is 0 Å². The van der Waals surface area contributed by atoms with E-state index < -0.39 is 0 Å². The minimum Gasteiger partial charge on any atom is -0.282 e. The summed E-state index contributed by atoms with van der Waals surface area (Å²) in [5.41, 5.74) is 4.35. The van der Waals surface area contributed by atoms with Crippen LogP contribution in [0, 0.1) is 0 Å². The zero-order valence-electron chi connectivity index (χ0n) is 13.9. The molecule has 1 rings (SSSR count). The first-order valence-electron chi connectivity index (χ1n) is 8.88. The fourth-order valence-electron chi connectivity index (χ4n) is 2.80. The van der Waals surface area contributed by atoms with Gasteiger partial charge in [0.05, 0.1) is 5.69 Å². The van der Waals surface area contributed by atoms with Gasteiger partial charge in [-0.2, -0.15) is 5.10 Å². The van der Waals surface area contributed by atoms with E-state index in [9.17, 15) is 0 Å². The zero-order chi connectivity index (χ0) is 14.6. The fraction of sp³-hybridized carbons (Fsp3) is 0.833. The average molecular weight is 278 g/mol. The number of rotatable bonds is 12. The van der Waals surface area contributed by atoms with Crippen LogP contribution in [0.5, 0.6) is 0 Å². The van der Waals surface area contributed by atoms with Crippen molar-refractivity contribution < 1.29 is 0 Å². The van der Waals surface area contributed by atoms with E-state index in [1.165, 1.54) is 88.4 Å². The summed E-state index contributed by atoms with van der Waals surface area (Å²) < 4.78 is 0. The van der Waals surface area contributed by atoms with Crippen LogP contribution >= 0.6 is 0 Å². The van der Waals surface area contributed by atoms with Crippen molar-refractivity contribution in [1.82, 2.24) is 10.2 Å². The molecule has 0 atom stereocenters. The topological polar surface area (TPSA) is 28.7 Å². The maximum atomic E-state index is 4.62. The highest BCUT2D eigenvalue weighted by Crippen LogP contribution is 2.19. The van der Waals surface area contributed by atoms with Gasteiger partial charge in [-0.25, -0.2) is 0 Å². The summed E-state index contributed by atoms with van der Waals surface area (Å²) in [5.74, 6) is 0. The summed E-state index contributed by atoms with van der Waals surface area (Å²) >= 11 is 0. The molecule has 0 aliphatic rings. The lowest BCUT2D eigenvalue weighted by atomic mass is 9.99. The molecule has 0 aliphatic heterocycles. The van der Waals surface area contributed by atoms with Crippen molar-refractivity contribution in [2.24, 2.45) is 0 Å². The monoisotopic (exact) mass is 278 g/mol. The van der Waals surface area contributed by atoms with Gasteiger partial charge in [0.25, 0.3) is 0 Å². The standard InChI is InChI=1S/C18H34N2/c1-4-7-10-13-16-17(14-11-8-5-2)19-20-18(16)15-12-9-6-3/h4-15H2,1-3H3,(H,19,20). The SMILES string of the molecule is CCCCCc1n[nH]c(CCCCC)c1CCCCC. The Balaban J connectivity index is 2.60. The average Bonchev–Trinajstić information content (AvgIpc) is 2.83. The highest BCUT2D eigenvalue weighted by molar-refractivity contribution is 5.26. The highest BCUT2D eigenvalue weighted by Gasteiger charge is 2.12. The summed E-state index contributed by atoms with van der Waals surface area (Å²) in [6.07, 6.45) is 15.4. The maximum Gasteiger partial charge on any atom is 0.0656 e. The number of hydrogen-bond donors (Lipinski definition) is 1. The van der Waals surface area contributed by atoms with Crippen LogP contribution in [0.15, 0.2) is 0 Å². The van der Waals surface area contributed by atoms with E-state index in [-0.39, 0.29) is 0 Å². The van der Waals surface area contributed by atoms with Gasteiger partial charge in [0, 0.05) is 5.69 Å². The quantitative estimate of drug-likeness (QED) is 0.495. The van der Waals surface area contributed by atoms with Crippen LogP contribution in [0.4, 0.5) is 0 Å². The molecule has 2 nitrogen and oxygen atoms in total. The molecule has 0 aliphatic carbocycles. The van der Waals surface area contributed by atoms with Crippen LogP contribution in [-0.4, -0.2) is 10.2 Å². The first-order chi connectivity index (χ1) is 9.83. The maximum absolute atomic E-state index is 4.62. The second-order valence-corrected chi connectivity index (χ2v) is 6.00.